The van der Waals surface area contributed by atoms with Gasteiger partial charge in [0.05, 0.1) is 13.7 Å². The second-order valence-corrected chi connectivity index (χ2v) is 8.53. The van der Waals surface area contributed by atoms with Crippen molar-refractivity contribution in [1.82, 2.24) is 4.31 Å². The molecule has 0 N–H and O–H groups in total. The molecular formula is C20H25NO4S. The zero-order valence-corrected chi connectivity index (χ0v) is 16.0. The number of aryl methyl sites for hydroxylation is 1. The second-order valence-electron chi connectivity index (χ2n) is 6.63. The lowest BCUT2D eigenvalue weighted by molar-refractivity contribution is 0.185. The number of rotatable bonds is 6. The van der Waals surface area contributed by atoms with Crippen LogP contribution in [0.4, 0.5) is 0 Å². The molecule has 140 valence electrons. The average Bonchev–Trinajstić information content (AvgIpc) is 2.67. The van der Waals surface area contributed by atoms with Gasteiger partial charge in [-0.15, -0.1) is 0 Å². The van der Waals surface area contributed by atoms with E-state index in [0.717, 1.165) is 24.2 Å². The van der Waals surface area contributed by atoms with Crippen LogP contribution in [-0.2, 0) is 10.0 Å². The molecule has 1 heterocycles. The Balaban J connectivity index is 1.63. The second kappa shape index (κ2) is 8.10. The number of piperidine rings is 1. The lowest BCUT2D eigenvalue weighted by atomic mass is 9.99. The van der Waals surface area contributed by atoms with Gasteiger partial charge in [0, 0.05) is 13.1 Å². The highest BCUT2D eigenvalue weighted by atomic mass is 32.2. The third kappa shape index (κ3) is 4.19. The van der Waals surface area contributed by atoms with E-state index in [2.05, 4.69) is 0 Å². The van der Waals surface area contributed by atoms with Crippen molar-refractivity contribution in [2.45, 2.75) is 24.7 Å². The number of para-hydroxylation sites is 1. The van der Waals surface area contributed by atoms with Gasteiger partial charge in [-0.2, -0.15) is 4.31 Å². The van der Waals surface area contributed by atoms with E-state index in [4.69, 9.17) is 9.47 Å². The van der Waals surface area contributed by atoms with Crippen LogP contribution < -0.4 is 9.47 Å². The lowest BCUT2D eigenvalue weighted by Crippen LogP contribution is -2.39. The van der Waals surface area contributed by atoms with Crippen molar-refractivity contribution >= 4 is 10.0 Å². The Bertz CT molecular complexity index is 828. The molecular weight excluding hydrogens is 350 g/mol. The minimum atomic E-state index is -3.55. The fourth-order valence-corrected chi connectivity index (χ4v) is 4.88. The number of methoxy groups -OCH3 is 1. The van der Waals surface area contributed by atoms with Crippen LogP contribution in [0, 0.1) is 12.8 Å². The van der Waals surface area contributed by atoms with E-state index in [-0.39, 0.29) is 4.90 Å². The molecule has 1 saturated heterocycles. The van der Waals surface area contributed by atoms with Crippen molar-refractivity contribution < 1.29 is 17.9 Å². The molecule has 1 fully saturated rings. The molecule has 0 spiro atoms. The summed E-state index contributed by atoms with van der Waals surface area (Å²) in [6.45, 7) is 3.50. The number of nitrogens with zero attached hydrogens (tertiary/aromatic N) is 1. The first kappa shape index (κ1) is 18.7. The smallest absolute Gasteiger partial charge is 0.246 e. The van der Waals surface area contributed by atoms with Crippen LogP contribution in [0.5, 0.6) is 11.5 Å². The minimum Gasteiger partial charge on any atom is -0.495 e. The van der Waals surface area contributed by atoms with Crippen LogP contribution in [0.15, 0.2) is 53.4 Å². The summed E-state index contributed by atoms with van der Waals surface area (Å²) in [5.41, 5.74) is 0.899. The van der Waals surface area contributed by atoms with Gasteiger partial charge in [-0.3, -0.25) is 0 Å². The molecule has 6 heteroatoms. The van der Waals surface area contributed by atoms with Crippen LogP contribution in [-0.4, -0.2) is 39.5 Å². The fourth-order valence-electron chi connectivity index (χ4n) is 3.17. The summed E-state index contributed by atoms with van der Waals surface area (Å²) in [6, 6.07) is 15.0. The summed E-state index contributed by atoms with van der Waals surface area (Å²) in [5, 5.41) is 0. The standard InChI is InChI=1S/C20H25NO4S/c1-16-8-9-19(24-2)20(14-16)26(22,23)21-12-10-17(11-13-21)15-25-18-6-4-3-5-7-18/h3-9,14,17H,10-13,15H2,1-2H3. The molecule has 0 bridgehead atoms. The Labute approximate surface area is 155 Å². The maximum Gasteiger partial charge on any atom is 0.246 e. The first-order chi connectivity index (χ1) is 12.5. The monoisotopic (exact) mass is 375 g/mol. The minimum absolute atomic E-state index is 0.249. The number of hydrogen-bond acceptors (Lipinski definition) is 4. The molecule has 1 aliphatic rings. The topological polar surface area (TPSA) is 55.8 Å². The molecule has 2 aromatic rings. The summed E-state index contributed by atoms with van der Waals surface area (Å²) in [5.74, 6) is 1.61. The van der Waals surface area contributed by atoms with Gasteiger partial charge < -0.3 is 9.47 Å². The van der Waals surface area contributed by atoms with Gasteiger partial charge >= 0.3 is 0 Å². The largest absolute Gasteiger partial charge is 0.495 e. The Morgan fingerprint density at radius 2 is 1.77 bits per heavy atom. The van der Waals surface area contributed by atoms with E-state index < -0.39 is 10.0 Å². The van der Waals surface area contributed by atoms with Gasteiger partial charge in [-0.05, 0) is 55.5 Å². The van der Waals surface area contributed by atoms with E-state index in [1.54, 1.807) is 16.4 Å². The van der Waals surface area contributed by atoms with E-state index in [1.165, 1.54) is 7.11 Å². The predicted molar refractivity (Wildman–Crippen MR) is 101 cm³/mol. The number of benzene rings is 2. The van der Waals surface area contributed by atoms with Gasteiger partial charge in [0.2, 0.25) is 10.0 Å². The van der Waals surface area contributed by atoms with Gasteiger partial charge in [0.15, 0.2) is 0 Å². The Morgan fingerprint density at radius 1 is 1.08 bits per heavy atom. The molecule has 0 aromatic heterocycles. The molecule has 0 aliphatic carbocycles. The van der Waals surface area contributed by atoms with Crippen LogP contribution in [0.2, 0.25) is 0 Å². The Morgan fingerprint density at radius 3 is 2.42 bits per heavy atom. The zero-order valence-electron chi connectivity index (χ0n) is 15.2. The zero-order chi connectivity index (χ0) is 18.6. The van der Waals surface area contributed by atoms with Crippen LogP contribution in [0.3, 0.4) is 0 Å². The maximum absolute atomic E-state index is 13.0. The molecule has 1 aliphatic heterocycles. The molecule has 0 atom stereocenters. The van der Waals surface area contributed by atoms with Crippen molar-refractivity contribution in [2.24, 2.45) is 5.92 Å². The Hall–Kier alpha value is -2.05. The SMILES string of the molecule is COc1ccc(C)cc1S(=O)(=O)N1CCC(COc2ccccc2)CC1. The molecule has 3 rings (SSSR count). The summed E-state index contributed by atoms with van der Waals surface area (Å²) in [7, 11) is -2.05. The molecule has 0 radical (unpaired) electrons. The summed E-state index contributed by atoms with van der Waals surface area (Å²) >= 11 is 0. The van der Waals surface area contributed by atoms with Gasteiger partial charge in [0.1, 0.15) is 16.4 Å². The quantitative estimate of drug-likeness (QED) is 0.776. The van der Waals surface area contributed by atoms with Gasteiger partial charge in [0.25, 0.3) is 0 Å². The van der Waals surface area contributed by atoms with Crippen LogP contribution in [0.1, 0.15) is 18.4 Å². The third-order valence-electron chi connectivity index (χ3n) is 4.74. The van der Waals surface area contributed by atoms with Crippen molar-refractivity contribution in [3.63, 3.8) is 0 Å². The molecule has 0 saturated carbocycles. The number of sulfonamides is 1. The predicted octanol–water partition coefficient (Wildman–Crippen LogP) is 3.48. The summed E-state index contributed by atoms with van der Waals surface area (Å²) in [4.78, 5) is 0.249. The third-order valence-corrected chi connectivity index (χ3v) is 6.66. The molecule has 2 aromatic carbocycles. The molecule has 0 amide bonds. The highest BCUT2D eigenvalue weighted by Crippen LogP contribution is 2.30. The van der Waals surface area contributed by atoms with Gasteiger partial charge in [-0.25, -0.2) is 8.42 Å². The van der Waals surface area contributed by atoms with Crippen molar-refractivity contribution in [1.29, 1.82) is 0 Å². The molecule has 0 unspecified atom stereocenters. The van der Waals surface area contributed by atoms with E-state index in [9.17, 15) is 8.42 Å². The maximum atomic E-state index is 13.0. The average molecular weight is 375 g/mol. The molecule has 5 nitrogen and oxygen atoms in total. The highest BCUT2D eigenvalue weighted by Gasteiger charge is 2.31. The van der Waals surface area contributed by atoms with Crippen molar-refractivity contribution in [3.8, 4) is 11.5 Å². The first-order valence-corrected chi connectivity index (χ1v) is 10.3. The van der Waals surface area contributed by atoms with E-state index >= 15 is 0 Å². The lowest BCUT2D eigenvalue weighted by Gasteiger charge is -2.31. The van der Waals surface area contributed by atoms with Crippen LogP contribution in [0.25, 0.3) is 0 Å². The first-order valence-electron chi connectivity index (χ1n) is 8.83. The summed E-state index contributed by atoms with van der Waals surface area (Å²) < 4.78 is 38.7. The Kier molecular flexibility index (Phi) is 5.84. The summed E-state index contributed by atoms with van der Waals surface area (Å²) in [6.07, 6.45) is 1.58. The van der Waals surface area contributed by atoms with E-state index in [0.29, 0.717) is 31.4 Å². The molecule has 26 heavy (non-hydrogen) atoms. The van der Waals surface area contributed by atoms with Crippen LogP contribution >= 0.6 is 0 Å². The van der Waals surface area contributed by atoms with Gasteiger partial charge in [-0.1, -0.05) is 24.3 Å². The number of ether oxygens (including phenoxy) is 2. The fraction of sp³-hybridized carbons (Fsp3) is 0.400. The van der Waals surface area contributed by atoms with E-state index in [1.807, 2.05) is 43.3 Å². The van der Waals surface area contributed by atoms with Crippen molar-refractivity contribution in [2.75, 3.05) is 26.8 Å². The van der Waals surface area contributed by atoms with Crippen molar-refractivity contribution in [3.05, 3.63) is 54.1 Å². The number of hydrogen-bond donors (Lipinski definition) is 0. The normalized spacial score (nSPS) is 16.4. The highest BCUT2D eigenvalue weighted by molar-refractivity contribution is 7.89.